The zero-order valence-corrected chi connectivity index (χ0v) is 8.55. The molecule has 0 aliphatic carbocycles. The van der Waals surface area contributed by atoms with Gasteiger partial charge < -0.3 is 0 Å². The minimum atomic E-state index is -0.611. The molecule has 8 heteroatoms. The van der Waals surface area contributed by atoms with Crippen molar-refractivity contribution < 1.29 is 9.31 Å². The highest BCUT2D eigenvalue weighted by atomic mass is 32.1. The molecule has 0 radical (unpaired) electrons. The minimum absolute atomic E-state index is 0.0531. The molecular formula is C8H5FN4O2S. The van der Waals surface area contributed by atoms with Crippen molar-refractivity contribution in [3.8, 4) is 11.4 Å². The number of aromatic amines is 2. The first-order valence-electron chi connectivity index (χ1n) is 4.17. The van der Waals surface area contributed by atoms with E-state index in [4.69, 9.17) is 12.2 Å². The van der Waals surface area contributed by atoms with Gasteiger partial charge in [0.25, 0.3) is 5.69 Å². The zero-order chi connectivity index (χ0) is 11.7. The predicted octanol–water partition coefficient (Wildman–Crippen LogP) is 2.18. The maximum Gasteiger partial charge on any atom is 0.280 e. The normalized spacial score (nSPS) is 10.3. The first kappa shape index (κ1) is 10.4. The summed E-state index contributed by atoms with van der Waals surface area (Å²) < 4.78 is 13.1. The molecule has 16 heavy (non-hydrogen) atoms. The van der Waals surface area contributed by atoms with E-state index in [0.717, 1.165) is 18.2 Å². The molecule has 0 saturated heterocycles. The van der Waals surface area contributed by atoms with E-state index in [0.29, 0.717) is 0 Å². The molecule has 2 aromatic rings. The molecule has 1 aromatic carbocycles. The number of nitrogens with one attached hydrogen (secondary N) is 2. The first-order valence-corrected chi connectivity index (χ1v) is 4.58. The van der Waals surface area contributed by atoms with Gasteiger partial charge in [-0.15, -0.1) is 0 Å². The topological polar surface area (TPSA) is 87.6 Å². The second-order valence-electron chi connectivity index (χ2n) is 2.93. The lowest BCUT2D eigenvalue weighted by atomic mass is 10.1. The van der Waals surface area contributed by atoms with Gasteiger partial charge in [0.05, 0.1) is 10.5 Å². The fourth-order valence-electron chi connectivity index (χ4n) is 1.25. The van der Waals surface area contributed by atoms with E-state index in [9.17, 15) is 14.5 Å². The number of nitro groups is 1. The monoisotopic (exact) mass is 240 g/mol. The Labute approximate surface area is 93.3 Å². The van der Waals surface area contributed by atoms with Crippen molar-refractivity contribution in [2.24, 2.45) is 0 Å². The van der Waals surface area contributed by atoms with Crippen LogP contribution in [0.25, 0.3) is 11.4 Å². The van der Waals surface area contributed by atoms with Gasteiger partial charge in [0.2, 0.25) is 4.77 Å². The lowest BCUT2D eigenvalue weighted by Crippen LogP contribution is -1.94. The van der Waals surface area contributed by atoms with Crippen molar-refractivity contribution in [2.45, 2.75) is 0 Å². The summed E-state index contributed by atoms with van der Waals surface area (Å²) in [6, 6.07) is 3.12. The first-order chi connectivity index (χ1) is 7.58. The van der Waals surface area contributed by atoms with E-state index in [-0.39, 0.29) is 21.8 Å². The second kappa shape index (κ2) is 3.81. The predicted molar refractivity (Wildman–Crippen MR) is 55.8 cm³/mol. The molecule has 6 nitrogen and oxygen atoms in total. The third kappa shape index (κ3) is 1.82. The Bertz CT molecular complexity index is 606. The summed E-state index contributed by atoms with van der Waals surface area (Å²) in [6.07, 6.45) is 0. The van der Waals surface area contributed by atoms with Crippen LogP contribution in [0.1, 0.15) is 0 Å². The maximum atomic E-state index is 13.0. The van der Waals surface area contributed by atoms with Crippen molar-refractivity contribution in [1.82, 2.24) is 15.2 Å². The summed E-state index contributed by atoms with van der Waals surface area (Å²) in [6.45, 7) is 0. The summed E-state index contributed by atoms with van der Waals surface area (Å²) >= 11 is 4.71. The van der Waals surface area contributed by atoms with Gasteiger partial charge in [0, 0.05) is 6.07 Å². The summed E-state index contributed by atoms with van der Waals surface area (Å²) in [5.41, 5.74) is -0.184. The van der Waals surface area contributed by atoms with E-state index in [2.05, 4.69) is 15.2 Å². The number of benzene rings is 1. The van der Waals surface area contributed by atoms with Gasteiger partial charge >= 0.3 is 0 Å². The maximum absolute atomic E-state index is 13.0. The lowest BCUT2D eigenvalue weighted by Gasteiger charge is -1.98. The van der Waals surface area contributed by atoms with Gasteiger partial charge in [-0.05, 0) is 24.4 Å². The second-order valence-corrected chi connectivity index (χ2v) is 3.32. The van der Waals surface area contributed by atoms with Crippen LogP contribution in [-0.4, -0.2) is 20.1 Å². The fourth-order valence-corrected chi connectivity index (χ4v) is 1.40. The highest BCUT2D eigenvalue weighted by Gasteiger charge is 2.18. The Morgan fingerprint density at radius 3 is 2.75 bits per heavy atom. The van der Waals surface area contributed by atoms with Crippen LogP contribution in [0.5, 0.6) is 0 Å². The standard InChI is InChI=1S/C8H5FN4O2S/c9-4-1-2-6(13(14)15)5(3-4)7-10-8(16)12-11-7/h1-3H,(H2,10,11,12,16). The Hall–Kier alpha value is -2.09. The summed E-state index contributed by atoms with van der Waals surface area (Å²) in [5.74, 6) is -0.445. The quantitative estimate of drug-likeness (QED) is 0.478. The van der Waals surface area contributed by atoms with Crippen LogP contribution in [0, 0.1) is 20.7 Å². The van der Waals surface area contributed by atoms with Crippen molar-refractivity contribution in [3.05, 3.63) is 38.9 Å². The molecule has 0 saturated carbocycles. The fraction of sp³-hybridized carbons (Fsp3) is 0. The van der Waals surface area contributed by atoms with Crippen LogP contribution in [0.3, 0.4) is 0 Å². The summed E-state index contributed by atoms with van der Waals surface area (Å²) in [5, 5.41) is 15.7. The van der Waals surface area contributed by atoms with E-state index >= 15 is 0 Å². The van der Waals surface area contributed by atoms with Crippen molar-refractivity contribution >= 4 is 17.9 Å². The van der Waals surface area contributed by atoms with Crippen LogP contribution in [0.4, 0.5) is 10.1 Å². The Morgan fingerprint density at radius 1 is 1.44 bits per heavy atom. The van der Waals surface area contributed by atoms with Gasteiger partial charge in [0.1, 0.15) is 5.82 Å². The van der Waals surface area contributed by atoms with Gasteiger partial charge in [0.15, 0.2) is 5.82 Å². The third-order valence-corrected chi connectivity index (χ3v) is 2.10. The largest absolute Gasteiger partial charge is 0.281 e. The minimum Gasteiger partial charge on any atom is -0.281 e. The van der Waals surface area contributed by atoms with E-state index in [1.807, 2.05) is 0 Å². The van der Waals surface area contributed by atoms with E-state index < -0.39 is 10.7 Å². The number of hydrogen-bond acceptors (Lipinski definition) is 4. The number of halogens is 1. The van der Waals surface area contributed by atoms with Gasteiger partial charge in [-0.2, -0.15) is 4.98 Å². The molecule has 0 fully saturated rings. The van der Waals surface area contributed by atoms with E-state index in [1.165, 1.54) is 0 Å². The molecule has 0 atom stereocenters. The molecular weight excluding hydrogens is 235 g/mol. The van der Waals surface area contributed by atoms with Gasteiger partial charge in [-0.25, -0.2) is 4.39 Å². The average molecular weight is 240 g/mol. The molecule has 1 aromatic heterocycles. The molecule has 0 aliphatic rings. The summed E-state index contributed by atoms with van der Waals surface area (Å²) in [7, 11) is 0. The Balaban J connectivity index is 2.66. The molecule has 0 bridgehead atoms. The Kier molecular flexibility index (Phi) is 2.49. The Morgan fingerprint density at radius 2 is 2.19 bits per heavy atom. The van der Waals surface area contributed by atoms with Crippen LogP contribution >= 0.6 is 12.2 Å². The van der Waals surface area contributed by atoms with Crippen molar-refractivity contribution in [3.63, 3.8) is 0 Å². The van der Waals surface area contributed by atoms with E-state index in [1.54, 1.807) is 0 Å². The molecule has 0 spiro atoms. The average Bonchev–Trinajstić information content (AvgIpc) is 2.64. The van der Waals surface area contributed by atoms with Gasteiger partial charge in [-0.3, -0.25) is 20.3 Å². The third-order valence-electron chi connectivity index (χ3n) is 1.91. The molecule has 0 unspecified atom stereocenters. The van der Waals surface area contributed by atoms with Crippen LogP contribution in [0.15, 0.2) is 18.2 Å². The number of hydrogen-bond donors (Lipinski definition) is 2. The van der Waals surface area contributed by atoms with Crippen LogP contribution < -0.4 is 0 Å². The van der Waals surface area contributed by atoms with Crippen molar-refractivity contribution in [1.29, 1.82) is 0 Å². The number of rotatable bonds is 2. The number of H-pyrrole nitrogens is 2. The number of aromatic nitrogens is 3. The highest BCUT2D eigenvalue weighted by molar-refractivity contribution is 7.71. The van der Waals surface area contributed by atoms with Crippen LogP contribution in [0.2, 0.25) is 0 Å². The van der Waals surface area contributed by atoms with Crippen LogP contribution in [-0.2, 0) is 0 Å². The molecule has 2 rings (SSSR count). The zero-order valence-electron chi connectivity index (χ0n) is 7.73. The smallest absolute Gasteiger partial charge is 0.280 e. The SMILES string of the molecule is O=[N+]([O-])c1ccc(F)cc1-c1nc(=S)[nH][nH]1. The summed E-state index contributed by atoms with van der Waals surface area (Å²) in [4.78, 5) is 13.9. The molecule has 1 heterocycles. The highest BCUT2D eigenvalue weighted by Crippen LogP contribution is 2.27. The molecule has 0 aliphatic heterocycles. The van der Waals surface area contributed by atoms with Gasteiger partial charge in [-0.1, -0.05) is 0 Å². The van der Waals surface area contributed by atoms with Crippen molar-refractivity contribution in [2.75, 3.05) is 0 Å². The molecule has 0 amide bonds. The number of nitro benzene ring substituents is 1. The number of nitrogens with zero attached hydrogens (tertiary/aromatic N) is 2. The molecule has 2 N–H and O–H groups in total. The lowest BCUT2D eigenvalue weighted by molar-refractivity contribution is -0.384. The molecule has 82 valence electrons.